The second-order valence-corrected chi connectivity index (χ2v) is 10.5. The molecule has 2 saturated heterocycles. The van der Waals surface area contributed by atoms with Gasteiger partial charge in [-0.15, -0.1) is 0 Å². The standard InChI is InChI=1S/C23H28ClN3O4S/c24-20-6-8-21(9-7-20)32(29,30)27-10-2-5-22(27)23(28)25-16-18-3-1-4-19(15-18)17-26-11-13-31-14-12-26/h1,3-4,6-9,15,22H,2,5,10-14,16-17H2,(H,25,28). The van der Waals surface area contributed by atoms with E-state index in [1.54, 1.807) is 12.1 Å². The van der Waals surface area contributed by atoms with Crippen LogP contribution in [0.25, 0.3) is 0 Å². The Hall–Kier alpha value is -1.97. The summed E-state index contributed by atoms with van der Waals surface area (Å²) in [5.41, 5.74) is 2.18. The number of ether oxygens (including phenoxy) is 1. The largest absolute Gasteiger partial charge is 0.379 e. The summed E-state index contributed by atoms with van der Waals surface area (Å²) in [5, 5.41) is 3.40. The highest BCUT2D eigenvalue weighted by atomic mass is 35.5. The summed E-state index contributed by atoms with van der Waals surface area (Å²) >= 11 is 5.88. The van der Waals surface area contributed by atoms with Crippen LogP contribution in [0.15, 0.2) is 53.4 Å². The molecule has 2 aliphatic rings. The number of nitrogens with zero attached hydrogens (tertiary/aromatic N) is 2. The third-order valence-electron chi connectivity index (χ3n) is 5.89. The average Bonchev–Trinajstić information content (AvgIpc) is 3.30. The van der Waals surface area contributed by atoms with Crippen LogP contribution in [0.5, 0.6) is 0 Å². The highest BCUT2D eigenvalue weighted by Crippen LogP contribution is 2.27. The van der Waals surface area contributed by atoms with Crippen LogP contribution in [0.1, 0.15) is 24.0 Å². The topological polar surface area (TPSA) is 79.0 Å². The lowest BCUT2D eigenvalue weighted by Gasteiger charge is -2.26. The van der Waals surface area contributed by atoms with Gasteiger partial charge in [0.25, 0.3) is 0 Å². The van der Waals surface area contributed by atoms with E-state index in [1.807, 2.05) is 12.1 Å². The van der Waals surface area contributed by atoms with E-state index in [1.165, 1.54) is 22.0 Å². The average molecular weight is 478 g/mol. The van der Waals surface area contributed by atoms with E-state index in [-0.39, 0.29) is 10.8 Å². The molecule has 172 valence electrons. The van der Waals surface area contributed by atoms with Gasteiger partial charge in [0.2, 0.25) is 15.9 Å². The molecule has 2 aromatic rings. The summed E-state index contributed by atoms with van der Waals surface area (Å²) in [5.74, 6) is -0.265. The fraction of sp³-hybridized carbons (Fsp3) is 0.435. The smallest absolute Gasteiger partial charge is 0.243 e. The zero-order chi connectivity index (χ0) is 22.6. The second-order valence-electron chi connectivity index (χ2n) is 8.15. The van der Waals surface area contributed by atoms with E-state index in [2.05, 4.69) is 22.3 Å². The summed E-state index contributed by atoms with van der Waals surface area (Å²) in [6.07, 6.45) is 1.16. The van der Waals surface area contributed by atoms with Crippen molar-refractivity contribution in [2.75, 3.05) is 32.8 Å². The fourth-order valence-corrected chi connectivity index (χ4v) is 5.98. The molecule has 2 heterocycles. The molecule has 2 fully saturated rings. The maximum atomic E-state index is 13.1. The lowest BCUT2D eigenvalue weighted by molar-refractivity contribution is -0.124. The van der Waals surface area contributed by atoms with Crippen molar-refractivity contribution in [3.05, 3.63) is 64.7 Å². The van der Waals surface area contributed by atoms with Gasteiger partial charge in [-0.3, -0.25) is 9.69 Å². The van der Waals surface area contributed by atoms with Gasteiger partial charge in [0.15, 0.2) is 0 Å². The Bertz CT molecular complexity index is 1040. The molecule has 1 unspecified atom stereocenters. The Labute approximate surface area is 194 Å². The predicted molar refractivity (Wildman–Crippen MR) is 123 cm³/mol. The van der Waals surface area contributed by atoms with Gasteiger partial charge in [-0.1, -0.05) is 35.9 Å². The van der Waals surface area contributed by atoms with E-state index in [4.69, 9.17) is 16.3 Å². The molecule has 0 aromatic heterocycles. The number of amides is 1. The molecule has 7 nitrogen and oxygen atoms in total. The lowest BCUT2D eigenvalue weighted by atomic mass is 10.1. The van der Waals surface area contributed by atoms with Crippen molar-refractivity contribution in [1.29, 1.82) is 0 Å². The zero-order valence-corrected chi connectivity index (χ0v) is 19.4. The first-order valence-corrected chi connectivity index (χ1v) is 12.7. The van der Waals surface area contributed by atoms with E-state index in [9.17, 15) is 13.2 Å². The van der Waals surface area contributed by atoms with Gasteiger partial charge in [0.1, 0.15) is 6.04 Å². The van der Waals surface area contributed by atoms with Gasteiger partial charge in [0, 0.05) is 37.7 Å². The van der Waals surface area contributed by atoms with Crippen LogP contribution in [0.4, 0.5) is 0 Å². The Morgan fingerprint density at radius 2 is 1.78 bits per heavy atom. The molecule has 1 atom stereocenters. The normalized spacial score (nSPS) is 20.3. The van der Waals surface area contributed by atoms with Gasteiger partial charge in [-0.05, 0) is 48.2 Å². The van der Waals surface area contributed by atoms with Crippen molar-refractivity contribution in [2.45, 2.75) is 36.9 Å². The second kappa shape index (κ2) is 10.3. The van der Waals surface area contributed by atoms with E-state index < -0.39 is 16.1 Å². The highest BCUT2D eigenvalue weighted by Gasteiger charge is 2.39. The third kappa shape index (κ3) is 5.50. The molecule has 0 bridgehead atoms. The van der Waals surface area contributed by atoms with Crippen molar-refractivity contribution in [2.24, 2.45) is 0 Å². The molecular weight excluding hydrogens is 450 g/mol. The van der Waals surface area contributed by atoms with Crippen molar-refractivity contribution in [1.82, 2.24) is 14.5 Å². The minimum absolute atomic E-state index is 0.150. The number of carbonyl (C=O) groups is 1. The van der Waals surface area contributed by atoms with Crippen molar-refractivity contribution < 1.29 is 17.9 Å². The summed E-state index contributed by atoms with van der Waals surface area (Å²) < 4.78 is 32.8. The zero-order valence-electron chi connectivity index (χ0n) is 17.9. The third-order valence-corrected chi connectivity index (χ3v) is 8.07. The van der Waals surface area contributed by atoms with Crippen molar-refractivity contribution >= 4 is 27.5 Å². The Morgan fingerprint density at radius 3 is 2.53 bits per heavy atom. The number of nitrogens with one attached hydrogen (secondary N) is 1. The first-order valence-electron chi connectivity index (χ1n) is 10.9. The molecule has 0 saturated carbocycles. The van der Waals surface area contributed by atoms with Crippen molar-refractivity contribution in [3.63, 3.8) is 0 Å². The van der Waals surface area contributed by atoms with Crippen LogP contribution in [0.2, 0.25) is 5.02 Å². The SMILES string of the molecule is O=C(NCc1cccc(CN2CCOCC2)c1)C1CCCN1S(=O)(=O)c1ccc(Cl)cc1. The number of hydrogen-bond acceptors (Lipinski definition) is 5. The van der Waals surface area contributed by atoms with Gasteiger partial charge < -0.3 is 10.1 Å². The van der Waals surface area contributed by atoms with Crippen LogP contribution in [0.3, 0.4) is 0 Å². The Morgan fingerprint density at radius 1 is 1.06 bits per heavy atom. The van der Waals surface area contributed by atoms with Crippen LogP contribution in [0, 0.1) is 0 Å². The van der Waals surface area contributed by atoms with Crippen LogP contribution in [-0.2, 0) is 32.6 Å². The molecule has 9 heteroatoms. The van der Waals surface area contributed by atoms with E-state index >= 15 is 0 Å². The lowest BCUT2D eigenvalue weighted by Crippen LogP contribution is -2.45. The summed E-state index contributed by atoms with van der Waals surface area (Å²) in [6.45, 7) is 4.89. The fourth-order valence-electron chi connectivity index (χ4n) is 4.19. The molecule has 2 aliphatic heterocycles. The monoisotopic (exact) mass is 477 g/mol. The first-order chi connectivity index (χ1) is 15.4. The molecule has 1 amide bonds. The Kier molecular flexibility index (Phi) is 7.48. The quantitative estimate of drug-likeness (QED) is 0.663. The van der Waals surface area contributed by atoms with E-state index in [0.717, 1.165) is 38.4 Å². The molecule has 0 aliphatic carbocycles. The molecule has 4 rings (SSSR count). The molecule has 32 heavy (non-hydrogen) atoms. The number of halogens is 1. The number of rotatable bonds is 7. The number of morpholine rings is 1. The minimum atomic E-state index is -3.76. The molecular formula is C23H28ClN3O4S. The van der Waals surface area contributed by atoms with Gasteiger partial charge in [-0.25, -0.2) is 8.42 Å². The highest BCUT2D eigenvalue weighted by molar-refractivity contribution is 7.89. The predicted octanol–water partition coefficient (Wildman–Crippen LogP) is 2.64. The van der Waals surface area contributed by atoms with Crippen LogP contribution >= 0.6 is 11.6 Å². The minimum Gasteiger partial charge on any atom is -0.379 e. The van der Waals surface area contributed by atoms with Crippen LogP contribution < -0.4 is 5.32 Å². The summed E-state index contributed by atoms with van der Waals surface area (Å²) in [4.78, 5) is 15.4. The summed E-state index contributed by atoms with van der Waals surface area (Å²) in [7, 11) is -3.76. The maximum Gasteiger partial charge on any atom is 0.243 e. The molecule has 0 radical (unpaired) electrons. The number of hydrogen-bond donors (Lipinski definition) is 1. The Balaban J connectivity index is 1.38. The van der Waals surface area contributed by atoms with Gasteiger partial charge in [0.05, 0.1) is 18.1 Å². The molecule has 0 spiro atoms. The van der Waals surface area contributed by atoms with Gasteiger partial charge >= 0.3 is 0 Å². The van der Waals surface area contributed by atoms with Crippen LogP contribution in [-0.4, -0.2) is 62.4 Å². The number of carbonyl (C=O) groups excluding carboxylic acids is 1. The summed E-state index contributed by atoms with van der Waals surface area (Å²) in [6, 6.07) is 13.5. The van der Waals surface area contributed by atoms with Gasteiger partial charge in [-0.2, -0.15) is 4.31 Å². The number of benzene rings is 2. The first kappa shape index (κ1) is 23.2. The molecule has 1 N–H and O–H groups in total. The van der Waals surface area contributed by atoms with E-state index in [0.29, 0.717) is 31.0 Å². The maximum absolute atomic E-state index is 13.1. The van der Waals surface area contributed by atoms with Crippen molar-refractivity contribution in [3.8, 4) is 0 Å². The number of sulfonamides is 1. The molecule has 2 aromatic carbocycles.